The Kier molecular flexibility index (Phi) is 9.65. The minimum atomic E-state index is -3.40. The number of hydrogen-bond acceptors (Lipinski definition) is 9. The van der Waals surface area contributed by atoms with Crippen LogP contribution < -0.4 is 0 Å². The van der Waals surface area contributed by atoms with Gasteiger partial charge in [-0.3, -0.25) is 0 Å². The van der Waals surface area contributed by atoms with E-state index in [2.05, 4.69) is 83.1 Å². The summed E-state index contributed by atoms with van der Waals surface area (Å²) in [5.74, 6) is 1.70. The summed E-state index contributed by atoms with van der Waals surface area (Å²) in [7, 11) is -20.4. The van der Waals surface area contributed by atoms with Crippen LogP contribution in [0.2, 0.25) is 36.3 Å². The van der Waals surface area contributed by atoms with Gasteiger partial charge in [0, 0.05) is 36.3 Å². The van der Waals surface area contributed by atoms with Crippen LogP contribution in [-0.2, 0) is 37.0 Å². The standard InChI is InChI=1S/C24H54O9Si6/c1-19(2)13-34-25-35(14-20(3)4)27-36(26-34,15-21(5)6)33-39(18-24(11)12)29-37(31-34,16-22(7)8)28-38(30-39,32-35)17-23(9)10/h19-24H,13-18H2,1-12H3. The van der Waals surface area contributed by atoms with Gasteiger partial charge in [0.05, 0.1) is 0 Å². The smallest absolute Gasteiger partial charge is 0.373 e. The minimum absolute atomic E-state index is 0.283. The summed E-state index contributed by atoms with van der Waals surface area (Å²) in [6.07, 6.45) is 0. The number of rotatable bonds is 12. The molecule has 0 aromatic carbocycles. The second-order valence-corrected chi connectivity index (χ2v) is 32.6. The maximum Gasteiger partial charge on any atom is 0.479 e. The van der Waals surface area contributed by atoms with Gasteiger partial charge in [-0.05, 0) is 35.5 Å². The molecule has 5 fully saturated rings. The predicted octanol–water partition coefficient (Wildman–Crippen LogP) is 6.76. The van der Waals surface area contributed by atoms with Gasteiger partial charge in [0.25, 0.3) is 0 Å². The monoisotopic (exact) mass is 654 g/mol. The van der Waals surface area contributed by atoms with Crippen LogP contribution in [0.5, 0.6) is 0 Å². The summed E-state index contributed by atoms with van der Waals surface area (Å²) in [5.41, 5.74) is 0. The van der Waals surface area contributed by atoms with Crippen molar-refractivity contribution in [1.29, 1.82) is 0 Å². The molecule has 6 bridgehead atoms. The van der Waals surface area contributed by atoms with Gasteiger partial charge in [0.15, 0.2) is 0 Å². The van der Waals surface area contributed by atoms with Crippen molar-refractivity contribution < 1.29 is 37.0 Å². The first kappa shape index (κ1) is 32.8. The zero-order chi connectivity index (χ0) is 29.1. The summed E-state index contributed by atoms with van der Waals surface area (Å²) in [5, 5.41) is 0. The molecule has 0 atom stereocenters. The first-order valence-corrected chi connectivity index (χ1v) is 26.8. The molecular formula is C24H54O9Si6. The van der Waals surface area contributed by atoms with E-state index in [9.17, 15) is 0 Å². The van der Waals surface area contributed by atoms with E-state index in [0.717, 1.165) is 0 Å². The van der Waals surface area contributed by atoms with Gasteiger partial charge in [0.2, 0.25) is 0 Å². The third kappa shape index (κ3) is 7.37. The van der Waals surface area contributed by atoms with E-state index >= 15 is 0 Å². The van der Waals surface area contributed by atoms with Gasteiger partial charge in [-0.2, -0.15) is 0 Å². The Morgan fingerprint density at radius 2 is 0.359 bits per heavy atom. The molecule has 0 spiro atoms. The van der Waals surface area contributed by atoms with Crippen LogP contribution in [-0.4, -0.2) is 52.8 Å². The van der Waals surface area contributed by atoms with Gasteiger partial charge in [-0.1, -0.05) is 83.1 Å². The third-order valence-corrected chi connectivity index (χ3v) is 37.0. The van der Waals surface area contributed by atoms with Gasteiger partial charge < -0.3 is 37.0 Å². The predicted molar refractivity (Wildman–Crippen MR) is 162 cm³/mol. The second-order valence-electron chi connectivity index (χ2n) is 14.6. The minimum Gasteiger partial charge on any atom is -0.373 e. The van der Waals surface area contributed by atoms with E-state index in [1.807, 2.05) is 0 Å². The maximum absolute atomic E-state index is 7.37. The van der Waals surface area contributed by atoms with Crippen LogP contribution in [0.3, 0.4) is 0 Å². The van der Waals surface area contributed by atoms with Crippen molar-refractivity contribution in [1.82, 2.24) is 0 Å². The highest BCUT2D eigenvalue weighted by atomic mass is 28.6. The molecule has 228 valence electrons. The fraction of sp³-hybridized carbons (Fsp3) is 1.00. The highest BCUT2D eigenvalue weighted by Crippen LogP contribution is 2.55. The van der Waals surface area contributed by atoms with Crippen molar-refractivity contribution in [3.63, 3.8) is 0 Å². The third-order valence-electron chi connectivity index (χ3n) is 6.75. The van der Waals surface area contributed by atoms with E-state index in [0.29, 0.717) is 36.3 Å². The first-order valence-electron chi connectivity index (χ1n) is 15.2. The second kappa shape index (κ2) is 11.5. The molecule has 5 aliphatic heterocycles. The lowest BCUT2D eigenvalue weighted by Crippen LogP contribution is -2.88. The van der Waals surface area contributed by atoms with Crippen molar-refractivity contribution in [3.8, 4) is 0 Å². The van der Waals surface area contributed by atoms with Crippen molar-refractivity contribution in [2.24, 2.45) is 35.5 Å². The highest BCUT2D eigenvalue weighted by molar-refractivity contribution is 7.03. The average molecular weight is 655 g/mol. The molecule has 0 amide bonds. The van der Waals surface area contributed by atoms with E-state index in [4.69, 9.17) is 37.0 Å². The van der Waals surface area contributed by atoms with E-state index in [1.54, 1.807) is 0 Å². The Bertz CT molecular complexity index is 684. The van der Waals surface area contributed by atoms with Gasteiger partial charge in [-0.25, -0.2) is 0 Å². The lowest BCUT2D eigenvalue weighted by Gasteiger charge is -2.64. The molecule has 9 nitrogen and oxygen atoms in total. The van der Waals surface area contributed by atoms with E-state index < -0.39 is 52.8 Å². The van der Waals surface area contributed by atoms with Crippen LogP contribution >= 0.6 is 0 Å². The zero-order valence-electron chi connectivity index (χ0n) is 26.4. The van der Waals surface area contributed by atoms with Crippen molar-refractivity contribution in [2.75, 3.05) is 0 Å². The summed E-state index contributed by atoms with van der Waals surface area (Å²) in [6.45, 7) is 26.3. The largest absolute Gasteiger partial charge is 0.479 e. The Labute approximate surface area is 244 Å². The lowest BCUT2D eigenvalue weighted by molar-refractivity contribution is -0.0359. The normalized spacial score (nSPS) is 42.0. The van der Waals surface area contributed by atoms with Crippen molar-refractivity contribution in [2.45, 2.75) is 119 Å². The lowest BCUT2D eigenvalue weighted by atomic mass is 10.3. The molecule has 0 unspecified atom stereocenters. The topological polar surface area (TPSA) is 83.1 Å². The van der Waals surface area contributed by atoms with Crippen LogP contribution in [0.1, 0.15) is 83.1 Å². The summed E-state index contributed by atoms with van der Waals surface area (Å²) < 4.78 is 65.2. The van der Waals surface area contributed by atoms with Crippen LogP contribution in [0.4, 0.5) is 0 Å². The van der Waals surface area contributed by atoms with Gasteiger partial charge in [-0.15, -0.1) is 0 Å². The Hall–Kier alpha value is 0.941. The van der Waals surface area contributed by atoms with Crippen LogP contribution in [0, 0.1) is 35.5 Å². The zero-order valence-corrected chi connectivity index (χ0v) is 32.4. The molecule has 39 heavy (non-hydrogen) atoms. The summed E-state index contributed by atoms with van der Waals surface area (Å²) in [4.78, 5) is 0. The number of hydrogen-bond donors (Lipinski definition) is 0. The summed E-state index contributed by atoms with van der Waals surface area (Å²) >= 11 is 0. The molecule has 0 radical (unpaired) electrons. The van der Waals surface area contributed by atoms with Gasteiger partial charge in [0.1, 0.15) is 0 Å². The molecule has 0 N–H and O–H groups in total. The SMILES string of the molecule is CC(C)C[Si]12O[Si]3(CC(C)C)O[Si](CC(C)C)(O1)O[Si]1(CC(C)C)O[Si](CC(C)C)(O[Si](CC(C)C)(O1)O3)O2. The van der Waals surface area contributed by atoms with Crippen molar-refractivity contribution >= 4 is 52.8 Å². The molecule has 5 heterocycles. The molecule has 5 rings (SSSR count). The Balaban J connectivity index is 2.02. The molecule has 15 heteroatoms. The van der Waals surface area contributed by atoms with E-state index in [1.165, 1.54) is 0 Å². The summed E-state index contributed by atoms with van der Waals surface area (Å²) in [6, 6.07) is 3.92. The maximum atomic E-state index is 7.37. The average Bonchev–Trinajstić information content (AvgIpc) is 2.59. The van der Waals surface area contributed by atoms with E-state index in [-0.39, 0.29) is 35.5 Å². The van der Waals surface area contributed by atoms with Gasteiger partial charge >= 0.3 is 52.8 Å². The molecule has 0 aromatic rings. The molecule has 0 aliphatic carbocycles. The quantitative estimate of drug-likeness (QED) is 0.212. The first-order chi connectivity index (χ1) is 17.9. The van der Waals surface area contributed by atoms with Crippen LogP contribution in [0.15, 0.2) is 0 Å². The van der Waals surface area contributed by atoms with Crippen LogP contribution in [0.25, 0.3) is 0 Å². The molecule has 5 saturated heterocycles. The fourth-order valence-corrected chi connectivity index (χ4v) is 45.1. The Morgan fingerprint density at radius 3 is 0.436 bits per heavy atom. The molecular weight excluding hydrogens is 601 g/mol. The van der Waals surface area contributed by atoms with Crippen molar-refractivity contribution in [3.05, 3.63) is 0 Å². The molecule has 0 saturated carbocycles. The Morgan fingerprint density at radius 1 is 0.256 bits per heavy atom. The fourth-order valence-electron chi connectivity index (χ4n) is 6.26. The molecule has 0 aromatic heterocycles. The molecule has 5 aliphatic rings. The highest BCUT2D eigenvalue weighted by Gasteiger charge is 2.82.